The Hall–Kier alpha value is -1.23. The summed E-state index contributed by atoms with van der Waals surface area (Å²) >= 11 is 6.04. The summed E-state index contributed by atoms with van der Waals surface area (Å²) in [5.74, 6) is -4.24. The predicted molar refractivity (Wildman–Crippen MR) is 65.6 cm³/mol. The summed E-state index contributed by atoms with van der Waals surface area (Å²) in [7, 11) is 0. The van der Waals surface area contributed by atoms with E-state index < -0.39 is 28.9 Å². The first kappa shape index (κ1) is 14.2. The van der Waals surface area contributed by atoms with Gasteiger partial charge in [0.25, 0.3) is 5.91 Å². The van der Waals surface area contributed by atoms with Crippen molar-refractivity contribution in [1.82, 2.24) is 5.32 Å². The number of hydrogen-bond donors (Lipinski definition) is 1. The molecule has 2 atom stereocenters. The van der Waals surface area contributed by atoms with E-state index in [9.17, 15) is 18.0 Å². The van der Waals surface area contributed by atoms with Crippen molar-refractivity contribution in [2.45, 2.75) is 24.6 Å². The van der Waals surface area contributed by atoms with E-state index in [1.165, 1.54) is 0 Å². The summed E-state index contributed by atoms with van der Waals surface area (Å²) in [6.45, 7) is 0.267. The quantitative estimate of drug-likeness (QED) is 0.851. The minimum atomic E-state index is -1.20. The van der Waals surface area contributed by atoms with E-state index >= 15 is 0 Å². The Morgan fingerprint density at radius 3 is 2.42 bits per heavy atom. The van der Waals surface area contributed by atoms with E-state index in [0.717, 1.165) is 19.3 Å². The monoisotopic (exact) mass is 291 g/mol. The standard InChI is InChI=1S/C13H13ClF3NO/c14-9-3-1-2-7(9)6-18-13(19)12-10(16)4-8(15)5-11(12)17/h4-5,7,9H,1-3,6H2,(H,18,19). The van der Waals surface area contributed by atoms with Crippen molar-refractivity contribution in [1.29, 1.82) is 0 Å². The van der Waals surface area contributed by atoms with E-state index in [0.29, 0.717) is 12.1 Å². The third kappa shape index (κ3) is 3.21. The first-order valence-corrected chi connectivity index (χ1v) is 6.49. The van der Waals surface area contributed by atoms with Crippen molar-refractivity contribution < 1.29 is 18.0 Å². The molecule has 0 radical (unpaired) electrons. The number of carbonyl (C=O) groups excluding carboxylic acids is 1. The molecule has 1 fully saturated rings. The smallest absolute Gasteiger partial charge is 0.257 e. The lowest BCUT2D eigenvalue weighted by molar-refractivity contribution is 0.0939. The SMILES string of the molecule is O=C(NCC1CCCC1Cl)c1c(F)cc(F)cc1F. The number of carbonyl (C=O) groups is 1. The van der Waals surface area contributed by atoms with Crippen LogP contribution in [0.2, 0.25) is 0 Å². The second-order valence-electron chi connectivity index (χ2n) is 4.66. The number of rotatable bonds is 3. The van der Waals surface area contributed by atoms with Gasteiger partial charge in [-0.1, -0.05) is 6.42 Å². The molecular formula is C13H13ClF3NO. The summed E-state index contributed by atoms with van der Waals surface area (Å²) in [6.07, 6.45) is 2.73. The maximum atomic E-state index is 13.4. The van der Waals surface area contributed by atoms with Gasteiger partial charge in [0.2, 0.25) is 0 Å². The maximum Gasteiger partial charge on any atom is 0.257 e. The Labute approximate surface area is 113 Å². The highest BCUT2D eigenvalue weighted by Gasteiger charge is 2.26. The van der Waals surface area contributed by atoms with Crippen LogP contribution in [0.4, 0.5) is 13.2 Å². The topological polar surface area (TPSA) is 29.1 Å². The predicted octanol–water partition coefficient (Wildman–Crippen LogP) is 3.24. The molecule has 1 saturated carbocycles. The van der Waals surface area contributed by atoms with Crippen LogP contribution in [0.25, 0.3) is 0 Å². The molecule has 0 saturated heterocycles. The van der Waals surface area contributed by atoms with Gasteiger partial charge in [-0.15, -0.1) is 11.6 Å². The van der Waals surface area contributed by atoms with Crippen molar-refractivity contribution in [2.75, 3.05) is 6.54 Å². The summed E-state index contributed by atoms with van der Waals surface area (Å²) in [5, 5.41) is 2.42. The summed E-state index contributed by atoms with van der Waals surface area (Å²) in [5.41, 5.74) is -0.759. The van der Waals surface area contributed by atoms with Crippen LogP contribution < -0.4 is 5.32 Å². The van der Waals surface area contributed by atoms with E-state index in [-0.39, 0.29) is 17.8 Å². The molecule has 0 heterocycles. The third-order valence-electron chi connectivity index (χ3n) is 3.33. The van der Waals surface area contributed by atoms with Gasteiger partial charge in [0.05, 0.1) is 0 Å². The van der Waals surface area contributed by atoms with Crippen LogP contribution in [0.5, 0.6) is 0 Å². The lowest BCUT2D eigenvalue weighted by Crippen LogP contribution is -2.32. The number of hydrogen-bond acceptors (Lipinski definition) is 1. The Bertz CT molecular complexity index is 472. The van der Waals surface area contributed by atoms with Gasteiger partial charge in [0.1, 0.15) is 23.0 Å². The fourth-order valence-electron chi connectivity index (χ4n) is 2.29. The van der Waals surface area contributed by atoms with E-state index in [1.54, 1.807) is 0 Å². The molecule has 1 amide bonds. The molecule has 1 aliphatic carbocycles. The van der Waals surface area contributed by atoms with Crippen LogP contribution in [-0.4, -0.2) is 17.8 Å². The van der Waals surface area contributed by atoms with Crippen molar-refractivity contribution in [3.05, 3.63) is 35.1 Å². The van der Waals surface area contributed by atoms with Crippen molar-refractivity contribution >= 4 is 17.5 Å². The second kappa shape index (κ2) is 5.82. The van der Waals surface area contributed by atoms with E-state index in [1.807, 2.05) is 0 Å². The Balaban J connectivity index is 2.04. The van der Waals surface area contributed by atoms with Crippen LogP contribution in [0, 0.1) is 23.4 Å². The van der Waals surface area contributed by atoms with E-state index in [2.05, 4.69) is 5.32 Å². The molecule has 0 spiro atoms. The molecule has 2 rings (SSSR count). The molecule has 1 N–H and O–H groups in total. The first-order valence-electron chi connectivity index (χ1n) is 6.06. The van der Waals surface area contributed by atoms with Gasteiger partial charge >= 0.3 is 0 Å². The zero-order valence-electron chi connectivity index (χ0n) is 10.1. The normalized spacial score (nSPS) is 22.5. The zero-order valence-corrected chi connectivity index (χ0v) is 10.8. The molecule has 1 aliphatic rings. The van der Waals surface area contributed by atoms with Crippen LogP contribution in [0.1, 0.15) is 29.6 Å². The number of benzene rings is 1. The van der Waals surface area contributed by atoms with Crippen molar-refractivity contribution in [3.8, 4) is 0 Å². The minimum Gasteiger partial charge on any atom is -0.352 e. The minimum absolute atomic E-state index is 0.0248. The summed E-state index contributed by atoms with van der Waals surface area (Å²) in [6, 6.07) is 0.968. The average molecular weight is 292 g/mol. The Kier molecular flexibility index (Phi) is 4.34. The van der Waals surface area contributed by atoms with E-state index in [4.69, 9.17) is 11.6 Å². The molecule has 104 valence electrons. The van der Waals surface area contributed by atoms with Crippen LogP contribution in [0.3, 0.4) is 0 Å². The van der Waals surface area contributed by atoms with Crippen LogP contribution in [0.15, 0.2) is 12.1 Å². The largest absolute Gasteiger partial charge is 0.352 e. The number of amides is 1. The molecule has 0 aromatic heterocycles. The van der Waals surface area contributed by atoms with Gasteiger partial charge in [-0.05, 0) is 18.8 Å². The van der Waals surface area contributed by atoms with Gasteiger partial charge < -0.3 is 5.32 Å². The number of halogens is 4. The third-order valence-corrected chi connectivity index (χ3v) is 3.90. The molecular weight excluding hydrogens is 279 g/mol. The fourth-order valence-corrected chi connectivity index (χ4v) is 2.66. The highest BCUT2D eigenvalue weighted by Crippen LogP contribution is 2.29. The average Bonchev–Trinajstić information content (AvgIpc) is 2.70. The molecule has 6 heteroatoms. The molecule has 2 unspecified atom stereocenters. The molecule has 2 nitrogen and oxygen atoms in total. The lowest BCUT2D eigenvalue weighted by atomic mass is 10.1. The Morgan fingerprint density at radius 1 is 1.26 bits per heavy atom. The highest BCUT2D eigenvalue weighted by atomic mass is 35.5. The van der Waals surface area contributed by atoms with Gasteiger partial charge in [0.15, 0.2) is 0 Å². The molecule has 19 heavy (non-hydrogen) atoms. The second-order valence-corrected chi connectivity index (χ2v) is 5.22. The summed E-state index contributed by atoms with van der Waals surface area (Å²) < 4.78 is 39.5. The molecule has 0 bridgehead atoms. The van der Waals surface area contributed by atoms with Gasteiger partial charge in [-0.3, -0.25) is 4.79 Å². The zero-order chi connectivity index (χ0) is 14.0. The molecule has 1 aromatic carbocycles. The maximum absolute atomic E-state index is 13.4. The fraction of sp³-hybridized carbons (Fsp3) is 0.462. The lowest BCUT2D eigenvalue weighted by Gasteiger charge is -2.14. The van der Waals surface area contributed by atoms with Gasteiger partial charge in [-0.25, -0.2) is 13.2 Å². The molecule has 0 aliphatic heterocycles. The van der Waals surface area contributed by atoms with Gasteiger partial charge in [-0.2, -0.15) is 0 Å². The number of alkyl halides is 1. The highest BCUT2D eigenvalue weighted by molar-refractivity contribution is 6.21. The van der Waals surface area contributed by atoms with Crippen molar-refractivity contribution in [2.24, 2.45) is 5.92 Å². The molecule has 1 aromatic rings. The van der Waals surface area contributed by atoms with Crippen LogP contribution >= 0.6 is 11.6 Å². The first-order chi connectivity index (χ1) is 8.99. The van der Waals surface area contributed by atoms with Crippen LogP contribution in [-0.2, 0) is 0 Å². The number of nitrogens with one attached hydrogen (secondary N) is 1. The Morgan fingerprint density at radius 2 is 1.89 bits per heavy atom. The van der Waals surface area contributed by atoms with Gasteiger partial charge in [0, 0.05) is 24.1 Å². The van der Waals surface area contributed by atoms with Crippen molar-refractivity contribution in [3.63, 3.8) is 0 Å². The summed E-state index contributed by atoms with van der Waals surface area (Å²) in [4.78, 5) is 11.7.